The van der Waals surface area contributed by atoms with Gasteiger partial charge in [-0.3, -0.25) is 14.5 Å². The molecule has 1 spiro atoms. The van der Waals surface area contributed by atoms with Crippen LogP contribution in [0.2, 0.25) is 0 Å². The summed E-state index contributed by atoms with van der Waals surface area (Å²) in [6.07, 6.45) is 2.31. The van der Waals surface area contributed by atoms with Crippen LogP contribution >= 0.6 is 12.4 Å². The molecule has 2 N–H and O–H groups in total. The van der Waals surface area contributed by atoms with Crippen molar-refractivity contribution in [3.8, 4) is 0 Å². The van der Waals surface area contributed by atoms with E-state index < -0.39 is 11.6 Å². The summed E-state index contributed by atoms with van der Waals surface area (Å²) in [5.41, 5.74) is -0.857. The summed E-state index contributed by atoms with van der Waals surface area (Å²) < 4.78 is 0. The molecule has 3 aliphatic rings. The number of hydrogen-bond acceptors (Lipinski definition) is 4. The van der Waals surface area contributed by atoms with Crippen molar-refractivity contribution in [1.82, 2.24) is 20.4 Å². The molecule has 0 aromatic carbocycles. The fraction of sp³-hybridized carbons (Fsp3) is 0.842. The fourth-order valence-electron chi connectivity index (χ4n) is 5.28. The summed E-state index contributed by atoms with van der Waals surface area (Å²) in [5, 5.41) is 6.27. The Hall–Kier alpha value is -1.34. The molecule has 0 aromatic heterocycles. The predicted octanol–water partition coefficient (Wildman–Crippen LogP) is 1.75. The summed E-state index contributed by atoms with van der Waals surface area (Å²) in [7, 11) is 0. The van der Waals surface area contributed by atoms with Crippen LogP contribution in [-0.4, -0.2) is 64.9 Å². The lowest BCUT2D eigenvalue weighted by atomic mass is 9.64. The average molecular weight is 401 g/mol. The summed E-state index contributed by atoms with van der Waals surface area (Å²) in [5.74, 6) is -0.0338. The van der Waals surface area contributed by atoms with Crippen molar-refractivity contribution in [2.75, 3.05) is 19.6 Å². The topological polar surface area (TPSA) is 81.8 Å². The lowest BCUT2D eigenvalue weighted by molar-refractivity contribution is -0.142. The number of hydrogen-bond donors (Lipinski definition) is 2. The summed E-state index contributed by atoms with van der Waals surface area (Å²) in [6.45, 7) is 11.6. The van der Waals surface area contributed by atoms with Gasteiger partial charge in [0.1, 0.15) is 12.1 Å². The fourth-order valence-corrected chi connectivity index (χ4v) is 5.28. The number of carbonyl (C=O) groups excluding carboxylic acids is 3. The lowest BCUT2D eigenvalue weighted by Gasteiger charge is -2.44. The van der Waals surface area contributed by atoms with Gasteiger partial charge in [0.25, 0.3) is 5.91 Å². The van der Waals surface area contributed by atoms with Gasteiger partial charge in [-0.2, -0.15) is 0 Å². The number of urea groups is 1. The zero-order chi connectivity index (χ0) is 19.3. The second-order valence-corrected chi connectivity index (χ2v) is 9.33. The first kappa shape index (κ1) is 22.0. The largest absolute Gasteiger partial charge is 0.336 e. The maximum absolute atomic E-state index is 13.1. The molecule has 4 atom stereocenters. The van der Waals surface area contributed by atoms with E-state index in [1.807, 2.05) is 13.8 Å². The highest BCUT2D eigenvalue weighted by molar-refractivity contribution is 6.09. The van der Waals surface area contributed by atoms with Gasteiger partial charge < -0.3 is 15.5 Å². The number of nitrogens with zero attached hydrogens (tertiary/aromatic N) is 2. The minimum Gasteiger partial charge on any atom is -0.336 e. The minimum atomic E-state index is -0.846. The van der Waals surface area contributed by atoms with E-state index in [-0.39, 0.29) is 48.3 Å². The van der Waals surface area contributed by atoms with Gasteiger partial charge in [-0.05, 0) is 44.4 Å². The highest BCUT2D eigenvalue weighted by Gasteiger charge is 2.56. The molecule has 27 heavy (non-hydrogen) atoms. The van der Waals surface area contributed by atoms with Gasteiger partial charge >= 0.3 is 6.03 Å². The van der Waals surface area contributed by atoms with Crippen LogP contribution in [0, 0.1) is 11.3 Å². The zero-order valence-electron chi connectivity index (χ0n) is 17.0. The van der Waals surface area contributed by atoms with Crippen LogP contribution in [0.15, 0.2) is 0 Å². The second kappa shape index (κ2) is 7.59. The van der Waals surface area contributed by atoms with Crippen molar-refractivity contribution in [3.05, 3.63) is 0 Å². The number of nitrogens with one attached hydrogen (secondary N) is 2. The third-order valence-electron chi connectivity index (χ3n) is 6.27. The van der Waals surface area contributed by atoms with Crippen LogP contribution in [-0.2, 0) is 9.59 Å². The van der Waals surface area contributed by atoms with Gasteiger partial charge in [0, 0.05) is 25.2 Å². The average Bonchev–Trinajstić information content (AvgIpc) is 2.71. The highest BCUT2D eigenvalue weighted by Crippen LogP contribution is 2.46. The van der Waals surface area contributed by atoms with E-state index in [1.165, 1.54) is 0 Å². The Morgan fingerprint density at radius 1 is 1.19 bits per heavy atom. The maximum atomic E-state index is 13.1. The molecule has 3 fully saturated rings. The van der Waals surface area contributed by atoms with E-state index in [0.29, 0.717) is 25.3 Å². The number of imide groups is 1. The molecule has 2 heterocycles. The molecule has 0 aromatic rings. The molecule has 3 rings (SSSR count). The number of carbonyl (C=O) groups is 3. The molecular formula is C19H33ClN4O3. The van der Waals surface area contributed by atoms with E-state index in [4.69, 9.17) is 0 Å². The zero-order valence-corrected chi connectivity index (χ0v) is 17.8. The normalized spacial score (nSPS) is 35.8. The Balaban J connectivity index is 0.00000261. The quantitative estimate of drug-likeness (QED) is 0.692. The second-order valence-electron chi connectivity index (χ2n) is 9.33. The number of halogens is 1. The van der Waals surface area contributed by atoms with Gasteiger partial charge in [0.15, 0.2) is 0 Å². The monoisotopic (exact) mass is 400 g/mol. The van der Waals surface area contributed by atoms with Crippen LogP contribution in [0.3, 0.4) is 0 Å². The predicted molar refractivity (Wildman–Crippen MR) is 106 cm³/mol. The molecule has 1 saturated carbocycles. The first-order chi connectivity index (χ1) is 12.0. The summed E-state index contributed by atoms with van der Waals surface area (Å²) in [4.78, 5) is 41.4. The van der Waals surface area contributed by atoms with E-state index >= 15 is 0 Å². The summed E-state index contributed by atoms with van der Waals surface area (Å²) in [6, 6.07) is -0.189. The Morgan fingerprint density at radius 3 is 2.48 bits per heavy atom. The minimum absolute atomic E-state index is 0. The number of amides is 4. The van der Waals surface area contributed by atoms with E-state index in [0.717, 1.165) is 17.9 Å². The molecule has 8 heteroatoms. The van der Waals surface area contributed by atoms with Gasteiger partial charge in [-0.15, -0.1) is 12.4 Å². The van der Waals surface area contributed by atoms with E-state index in [9.17, 15) is 14.4 Å². The van der Waals surface area contributed by atoms with Crippen molar-refractivity contribution >= 4 is 30.3 Å². The van der Waals surface area contributed by atoms with Crippen LogP contribution < -0.4 is 10.6 Å². The molecule has 0 bridgehead atoms. The van der Waals surface area contributed by atoms with Crippen LogP contribution in [0.5, 0.6) is 0 Å². The highest BCUT2D eigenvalue weighted by atomic mass is 35.5. The smallest absolute Gasteiger partial charge is 0.325 e. The van der Waals surface area contributed by atoms with Crippen LogP contribution in [0.4, 0.5) is 4.79 Å². The molecular weight excluding hydrogens is 368 g/mol. The molecule has 2 saturated heterocycles. The SMILES string of the molecule is CC1CC(C)(C)CC2(C1)NC(=O)N(CC(=O)N1CCNC(C)C1C)C2=O.Cl. The van der Waals surface area contributed by atoms with Crippen molar-refractivity contribution in [3.63, 3.8) is 0 Å². The first-order valence-corrected chi connectivity index (χ1v) is 9.72. The van der Waals surface area contributed by atoms with Gasteiger partial charge in [-0.1, -0.05) is 20.8 Å². The first-order valence-electron chi connectivity index (χ1n) is 9.72. The molecule has 2 aliphatic heterocycles. The third-order valence-corrected chi connectivity index (χ3v) is 6.27. The van der Waals surface area contributed by atoms with Crippen molar-refractivity contribution < 1.29 is 14.4 Å². The Kier molecular flexibility index (Phi) is 6.17. The van der Waals surface area contributed by atoms with E-state index in [2.05, 4.69) is 31.4 Å². The third kappa shape index (κ3) is 4.09. The van der Waals surface area contributed by atoms with Crippen molar-refractivity contribution in [2.24, 2.45) is 11.3 Å². The Bertz CT molecular complexity index is 626. The summed E-state index contributed by atoms with van der Waals surface area (Å²) >= 11 is 0. The Labute approximate surface area is 168 Å². The Morgan fingerprint density at radius 2 is 1.85 bits per heavy atom. The molecule has 1 aliphatic carbocycles. The van der Waals surface area contributed by atoms with Crippen molar-refractivity contribution in [2.45, 2.75) is 71.5 Å². The standard InChI is InChI=1S/C19H32N4O3.ClH/c1-12-8-18(4,5)11-19(9-12)16(25)23(17(26)21-19)10-15(24)22-7-6-20-13(2)14(22)3;/h12-14,20H,6-11H2,1-5H3,(H,21,26);1H. The van der Waals surface area contributed by atoms with Crippen LogP contribution in [0.1, 0.15) is 53.9 Å². The van der Waals surface area contributed by atoms with Gasteiger partial charge in [-0.25, -0.2) is 4.79 Å². The molecule has 4 unspecified atom stereocenters. The van der Waals surface area contributed by atoms with Gasteiger partial charge in [0.05, 0.1) is 0 Å². The van der Waals surface area contributed by atoms with Crippen LogP contribution in [0.25, 0.3) is 0 Å². The lowest BCUT2D eigenvalue weighted by Crippen LogP contribution is -2.59. The number of rotatable bonds is 2. The molecule has 0 radical (unpaired) electrons. The number of piperazine rings is 1. The molecule has 7 nitrogen and oxygen atoms in total. The molecule has 4 amide bonds. The van der Waals surface area contributed by atoms with Crippen molar-refractivity contribution in [1.29, 1.82) is 0 Å². The maximum Gasteiger partial charge on any atom is 0.325 e. The van der Waals surface area contributed by atoms with E-state index in [1.54, 1.807) is 4.90 Å². The van der Waals surface area contributed by atoms with Gasteiger partial charge in [0.2, 0.25) is 5.91 Å². The molecule has 154 valence electrons.